The van der Waals surface area contributed by atoms with Crippen molar-refractivity contribution in [2.75, 3.05) is 11.6 Å². The second-order valence-electron chi connectivity index (χ2n) is 7.35. The van der Waals surface area contributed by atoms with Crippen molar-refractivity contribution < 1.29 is 0 Å². The van der Waals surface area contributed by atoms with Crippen LogP contribution in [0.2, 0.25) is 0 Å². The molecule has 32 heavy (non-hydrogen) atoms. The van der Waals surface area contributed by atoms with Crippen LogP contribution in [0.3, 0.4) is 0 Å². The van der Waals surface area contributed by atoms with E-state index in [4.69, 9.17) is 17.3 Å². The first-order chi connectivity index (χ1) is 15.7. The molecular formula is C26H25N5S. The standard InChI is InChI=1S/C26H25N5S/c1-2-17-27-26(32)29-28-19-20-13-15-23(16-14-20)31-25(22-11-7-4-8-12-22)18-24(30-31)21-9-5-3-6-10-21/h2-16,19,25H,1,17-18H2,(H2,27,29,32)/b28-19+. The average Bonchev–Trinajstić information content (AvgIpc) is 3.30. The van der Waals surface area contributed by atoms with Crippen LogP contribution in [0.25, 0.3) is 0 Å². The molecule has 0 amide bonds. The normalized spacial score (nSPS) is 15.4. The highest BCUT2D eigenvalue weighted by Gasteiger charge is 2.29. The maximum absolute atomic E-state index is 5.13. The van der Waals surface area contributed by atoms with Gasteiger partial charge in [0, 0.05) is 13.0 Å². The Hall–Kier alpha value is -3.77. The fraction of sp³-hybridized carbons (Fsp3) is 0.115. The highest BCUT2D eigenvalue weighted by molar-refractivity contribution is 7.80. The van der Waals surface area contributed by atoms with E-state index in [9.17, 15) is 0 Å². The SMILES string of the molecule is C=CCNC(=S)N/N=C/c1ccc(N2N=C(c3ccccc3)CC2c2ccccc2)cc1. The van der Waals surface area contributed by atoms with Crippen LogP contribution >= 0.6 is 12.2 Å². The Labute approximate surface area is 194 Å². The molecule has 0 fully saturated rings. The highest BCUT2D eigenvalue weighted by Crippen LogP contribution is 2.36. The minimum atomic E-state index is 0.154. The molecule has 0 aromatic heterocycles. The minimum Gasteiger partial charge on any atom is -0.358 e. The number of hydrazone groups is 2. The van der Waals surface area contributed by atoms with Gasteiger partial charge in [-0.25, -0.2) is 0 Å². The number of thiocarbonyl (C=S) groups is 1. The van der Waals surface area contributed by atoms with E-state index in [-0.39, 0.29) is 6.04 Å². The van der Waals surface area contributed by atoms with Crippen molar-refractivity contribution in [2.24, 2.45) is 10.2 Å². The van der Waals surface area contributed by atoms with Crippen molar-refractivity contribution in [3.05, 3.63) is 114 Å². The van der Waals surface area contributed by atoms with Gasteiger partial charge < -0.3 is 5.32 Å². The molecule has 1 aliphatic rings. The molecule has 0 bridgehead atoms. The van der Waals surface area contributed by atoms with Crippen LogP contribution in [0.4, 0.5) is 5.69 Å². The third-order valence-corrected chi connectivity index (χ3v) is 5.38. The van der Waals surface area contributed by atoms with Crippen LogP contribution in [-0.4, -0.2) is 23.6 Å². The third kappa shape index (κ3) is 5.28. The van der Waals surface area contributed by atoms with Crippen LogP contribution < -0.4 is 15.8 Å². The van der Waals surface area contributed by atoms with Gasteiger partial charge in [0.15, 0.2) is 5.11 Å². The van der Waals surface area contributed by atoms with E-state index < -0.39 is 0 Å². The fourth-order valence-corrected chi connectivity index (χ4v) is 3.71. The van der Waals surface area contributed by atoms with Gasteiger partial charge in [0.1, 0.15) is 0 Å². The predicted octanol–water partition coefficient (Wildman–Crippen LogP) is 5.03. The monoisotopic (exact) mass is 439 g/mol. The van der Waals surface area contributed by atoms with Crippen molar-refractivity contribution in [2.45, 2.75) is 12.5 Å². The maximum Gasteiger partial charge on any atom is 0.187 e. The van der Waals surface area contributed by atoms with Gasteiger partial charge in [0.05, 0.1) is 23.7 Å². The van der Waals surface area contributed by atoms with Crippen molar-refractivity contribution in [1.29, 1.82) is 0 Å². The molecule has 0 spiro atoms. The van der Waals surface area contributed by atoms with E-state index in [1.807, 2.05) is 24.3 Å². The molecule has 0 saturated heterocycles. The minimum absolute atomic E-state index is 0.154. The zero-order valence-electron chi connectivity index (χ0n) is 17.7. The average molecular weight is 440 g/mol. The third-order valence-electron chi connectivity index (χ3n) is 5.15. The van der Waals surface area contributed by atoms with Crippen LogP contribution in [0.15, 0.2) is 108 Å². The lowest BCUT2D eigenvalue weighted by Gasteiger charge is -2.24. The molecule has 2 N–H and O–H groups in total. The number of hydrogen-bond acceptors (Lipinski definition) is 4. The summed E-state index contributed by atoms with van der Waals surface area (Å²) in [6.45, 7) is 4.24. The molecule has 3 aromatic rings. The first-order valence-electron chi connectivity index (χ1n) is 10.5. The van der Waals surface area contributed by atoms with Gasteiger partial charge in [0.2, 0.25) is 0 Å². The Morgan fingerprint density at radius 1 is 1.03 bits per heavy atom. The first kappa shape index (κ1) is 21.5. The summed E-state index contributed by atoms with van der Waals surface area (Å²) < 4.78 is 0. The number of nitrogens with zero attached hydrogens (tertiary/aromatic N) is 3. The van der Waals surface area contributed by atoms with Crippen molar-refractivity contribution in [3.8, 4) is 0 Å². The smallest absolute Gasteiger partial charge is 0.187 e. The summed E-state index contributed by atoms with van der Waals surface area (Å²) in [7, 11) is 0. The lowest BCUT2D eigenvalue weighted by Crippen LogP contribution is -2.31. The molecule has 1 heterocycles. The predicted molar refractivity (Wildman–Crippen MR) is 137 cm³/mol. The summed E-state index contributed by atoms with van der Waals surface area (Å²) in [5, 5.41) is 14.7. The summed E-state index contributed by atoms with van der Waals surface area (Å²) >= 11 is 5.13. The summed E-state index contributed by atoms with van der Waals surface area (Å²) in [5.74, 6) is 0. The zero-order valence-corrected chi connectivity index (χ0v) is 18.5. The molecule has 3 aromatic carbocycles. The van der Waals surface area contributed by atoms with Crippen molar-refractivity contribution >= 4 is 34.9 Å². The molecule has 0 radical (unpaired) electrons. The lowest BCUT2D eigenvalue weighted by molar-refractivity contribution is 0.709. The molecule has 0 saturated carbocycles. The fourth-order valence-electron chi connectivity index (χ4n) is 3.57. The van der Waals surface area contributed by atoms with Crippen LogP contribution in [-0.2, 0) is 0 Å². The summed E-state index contributed by atoms with van der Waals surface area (Å²) in [6.07, 6.45) is 4.34. The topological polar surface area (TPSA) is 52.0 Å². The molecule has 6 heteroatoms. The highest BCUT2D eigenvalue weighted by atomic mass is 32.1. The number of nitrogens with one attached hydrogen (secondary N) is 2. The van der Waals surface area contributed by atoms with E-state index in [1.54, 1.807) is 12.3 Å². The van der Waals surface area contributed by atoms with Gasteiger partial charge in [-0.15, -0.1) is 6.58 Å². The first-order valence-corrected chi connectivity index (χ1v) is 10.9. The molecule has 4 rings (SSSR count). The van der Waals surface area contributed by atoms with Gasteiger partial charge in [-0.2, -0.15) is 10.2 Å². The molecule has 1 aliphatic heterocycles. The van der Waals surface area contributed by atoms with Gasteiger partial charge >= 0.3 is 0 Å². The Balaban J connectivity index is 1.53. The number of hydrogen-bond donors (Lipinski definition) is 2. The molecule has 1 unspecified atom stereocenters. The second-order valence-corrected chi connectivity index (χ2v) is 7.76. The Kier molecular flexibility index (Phi) is 7.05. The van der Waals surface area contributed by atoms with Gasteiger partial charge in [-0.05, 0) is 41.0 Å². The van der Waals surface area contributed by atoms with Crippen molar-refractivity contribution in [3.63, 3.8) is 0 Å². The van der Waals surface area contributed by atoms with Crippen LogP contribution in [0, 0.1) is 0 Å². The summed E-state index contributed by atoms with van der Waals surface area (Å²) in [6, 6.07) is 29.3. The molecule has 1 atom stereocenters. The van der Waals surface area contributed by atoms with Crippen LogP contribution in [0.1, 0.15) is 29.2 Å². The van der Waals surface area contributed by atoms with Gasteiger partial charge in [-0.3, -0.25) is 10.4 Å². The zero-order chi connectivity index (χ0) is 22.2. The molecule has 160 valence electrons. The van der Waals surface area contributed by atoms with E-state index in [0.717, 1.165) is 28.9 Å². The van der Waals surface area contributed by atoms with E-state index in [2.05, 4.69) is 88.1 Å². The quantitative estimate of drug-likeness (QED) is 0.235. The van der Waals surface area contributed by atoms with Gasteiger partial charge in [0.25, 0.3) is 0 Å². The molecule has 5 nitrogen and oxygen atoms in total. The lowest BCUT2D eigenvalue weighted by atomic mass is 9.98. The number of rotatable bonds is 7. The van der Waals surface area contributed by atoms with Gasteiger partial charge in [-0.1, -0.05) is 78.9 Å². The Morgan fingerprint density at radius 3 is 2.41 bits per heavy atom. The van der Waals surface area contributed by atoms with Crippen molar-refractivity contribution in [1.82, 2.24) is 10.7 Å². The Morgan fingerprint density at radius 2 is 1.72 bits per heavy atom. The van der Waals surface area contributed by atoms with E-state index >= 15 is 0 Å². The number of anilines is 1. The van der Waals surface area contributed by atoms with E-state index in [0.29, 0.717) is 11.7 Å². The Bertz CT molecular complexity index is 1110. The number of benzene rings is 3. The maximum atomic E-state index is 5.13. The summed E-state index contributed by atoms with van der Waals surface area (Å²) in [4.78, 5) is 0. The second kappa shape index (κ2) is 10.5. The molecular weight excluding hydrogens is 414 g/mol. The van der Waals surface area contributed by atoms with Crippen LogP contribution in [0.5, 0.6) is 0 Å². The van der Waals surface area contributed by atoms with E-state index in [1.165, 1.54) is 5.56 Å². The molecule has 0 aliphatic carbocycles. The largest absolute Gasteiger partial charge is 0.358 e. The summed E-state index contributed by atoms with van der Waals surface area (Å²) in [5.41, 5.74) is 8.31.